The molecule has 1 aromatic carbocycles. The lowest BCUT2D eigenvalue weighted by molar-refractivity contribution is 0.0984. The van der Waals surface area contributed by atoms with Crippen molar-refractivity contribution in [2.24, 2.45) is 0 Å². The van der Waals surface area contributed by atoms with Gasteiger partial charge in [-0.1, -0.05) is 25.1 Å². The number of ketones is 1. The van der Waals surface area contributed by atoms with Crippen LogP contribution in [0.5, 0.6) is 5.75 Å². The molecule has 0 radical (unpaired) electrons. The predicted octanol–water partition coefficient (Wildman–Crippen LogP) is 3.30. The molecule has 3 nitrogen and oxygen atoms in total. The SMILES string of the molecule is CCC(=O)c1ccccc1OCCc1cccnc1. The van der Waals surface area contributed by atoms with E-state index in [0.717, 1.165) is 12.0 Å². The van der Waals surface area contributed by atoms with E-state index in [1.807, 2.05) is 49.5 Å². The maximum Gasteiger partial charge on any atom is 0.166 e. The van der Waals surface area contributed by atoms with Gasteiger partial charge in [-0.15, -0.1) is 0 Å². The first kappa shape index (κ1) is 13.3. The summed E-state index contributed by atoms with van der Waals surface area (Å²) in [5.41, 5.74) is 1.79. The van der Waals surface area contributed by atoms with Crippen LogP contribution in [0.4, 0.5) is 0 Å². The zero-order chi connectivity index (χ0) is 13.5. The normalized spacial score (nSPS) is 10.2. The molecule has 0 aliphatic rings. The van der Waals surface area contributed by atoms with E-state index in [4.69, 9.17) is 4.74 Å². The first-order chi connectivity index (χ1) is 9.31. The number of carbonyl (C=O) groups excluding carboxylic acids is 1. The van der Waals surface area contributed by atoms with Crippen molar-refractivity contribution in [2.45, 2.75) is 19.8 Å². The Morgan fingerprint density at radius 2 is 2.05 bits per heavy atom. The van der Waals surface area contributed by atoms with Crippen LogP contribution in [-0.2, 0) is 6.42 Å². The molecule has 98 valence electrons. The minimum atomic E-state index is 0.108. The van der Waals surface area contributed by atoms with E-state index in [9.17, 15) is 4.79 Å². The lowest BCUT2D eigenvalue weighted by Crippen LogP contribution is -2.06. The van der Waals surface area contributed by atoms with E-state index in [1.165, 1.54) is 0 Å². The van der Waals surface area contributed by atoms with Gasteiger partial charge in [-0.3, -0.25) is 9.78 Å². The van der Waals surface area contributed by atoms with Crippen molar-refractivity contribution in [2.75, 3.05) is 6.61 Å². The monoisotopic (exact) mass is 255 g/mol. The van der Waals surface area contributed by atoms with Crippen molar-refractivity contribution in [1.29, 1.82) is 0 Å². The van der Waals surface area contributed by atoms with Gasteiger partial charge in [-0.25, -0.2) is 0 Å². The summed E-state index contributed by atoms with van der Waals surface area (Å²) < 4.78 is 5.72. The molecule has 2 rings (SSSR count). The number of hydrogen-bond acceptors (Lipinski definition) is 3. The van der Waals surface area contributed by atoms with Crippen LogP contribution in [0.15, 0.2) is 48.8 Å². The van der Waals surface area contributed by atoms with Crippen LogP contribution in [0, 0.1) is 0 Å². The molecule has 19 heavy (non-hydrogen) atoms. The zero-order valence-corrected chi connectivity index (χ0v) is 11.0. The second-order valence-corrected chi connectivity index (χ2v) is 4.23. The summed E-state index contributed by atoms with van der Waals surface area (Å²) in [6.45, 7) is 2.40. The smallest absolute Gasteiger partial charge is 0.166 e. The van der Waals surface area contributed by atoms with Gasteiger partial charge in [0.1, 0.15) is 5.75 Å². The molecule has 0 aliphatic carbocycles. The number of Topliss-reactive ketones (excluding diaryl/α,β-unsaturated/α-hetero) is 1. The third-order valence-electron chi connectivity index (χ3n) is 2.88. The lowest BCUT2D eigenvalue weighted by atomic mass is 10.1. The van der Waals surface area contributed by atoms with Crippen LogP contribution in [0.25, 0.3) is 0 Å². The molecule has 0 bridgehead atoms. The highest BCUT2D eigenvalue weighted by Crippen LogP contribution is 2.19. The van der Waals surface area contributed by atoms with Gasteiger partial charge in [-0.2, -0.15) is 0 Å². The minimum absolute atomic E-state index is 0.108. The fourth-order valence-corrected chi connectivity index (χ4v) is 1.84. The summed E-state index contributed by atoms with van der Waals surface area (Å²) in [7, 11) is 0. The van der Waals surface area contributed by atoms with Crippen LogP contribution < -0.4 is 4.74 Å². The van der Waals surface area contributed by atoms with Crippen molar-refractivity contribution in [3.8, 4) is 5.75 Å². The topological polar surface area (TPSA) is 39.2 Å². The zero-order valence-electron chi connectivity index (χ0n) is 11.0. The molecule has 0 aliphatic heterocycles. The minimum Gasteiger partial charge on any atom is -0.492 e. The molecular formula is C16H17NO2. The average Bonchev–Trinajstić information content (AvgIpc) is 2.48. The van der Waals surface area contributed by atoms with Crippen LogP contribution >= 0.6 is 0 Å². The molecule has 2 aromatic rings. The summed E-state index contributed by atoms with van der Waals surface area (Å²) in [6.07, 6.45) is 4.84. The molecule has 3 heteroatoms. The standard InChI is InChI=1S/C16H17NO2/c1-2-15(18)14-7-3-4-8-16(14)19-11-9-13-6-5-10-17-12-13/h3-8,10,12H,2,9,11H2,1H3. The maximum absolute atomic E-state index is 11.8. The van der Waals surface area contributed by atoms with Crippen molar-refractivity contribution >= 4 is 5.78 Å². The van der Waals surface area contributed by atoms with Crippen molar-refractivity contribution < 1.29 is 9.53 Å². The van der Waals surface area contributed by atoms with E-state index >= 15 is 0 Å². The summed E-state index contributed by atoms with van der Waals surface area (Å²) in [4.78, 5) is 15.8. The summed E-state index contributed by atoms with van der Waals surface area (Å²) in [5.74, 6) is 0.773. The van der Waals surface area contributed by atoms with E-state index in [0.29, 0.717) is 24.3 Å². The first-order valence-electron chi connectivity index (χ1n) is 6.45. The largest absolute Gasteiger partial charge is 0.492 e. The highest BCUT2D eigenvalue weighted by atomic mass is 16.5. The Labute approximate surface area is 113 Å². The fraction of sp³-hybridized carbons (Fsp3) is 0.250. The van der Waals surface area contributed by atoms with Crippen LogP contribution in [0.1, 0.15) is 29.3 Å². The Morgan fingerprint density at radius 1 is 1.21 bits per heavy atom. The van der Waals surface area contributed by atoms with E-state index in [2.05, 4.69) is 4.98 Å². The number of nitrogens with zero attached hydrogens (tertiary/aromatic N) is 1. The lowest BCUT2D eigenvalue weighted by Gasteiger charge is -2.10. The van der Waals surface area contributed by atoms with Gasteiger partial charge in [-0.05, 0) is 23.8 Å². The summed E-state index contributed by atoms with van der Waals surface area (Å²) >= 11 is 0. The van der Waals surface area contributed by atoms with E-state index < -0.39 is 0 Å². The highest BCUT2D eigenvalue weighted by Gasteiger charge is 2.09. The third kappa shape index (κ3) is 3.65. The Morgan fingerprint density at radius 3 is 2.79 bits per heavy atom. The molecule has 0 atom stereocenters. The number of rotatable bonds is 6. The molecule has 0 unspecified atom stereocenters. The number of carbonyl (C=O) groups is 1. The molecule has 0 saturated heterocycles. The molecule has 0 saturated carbocycles. The molecule has 1 aromatic heterocycles. The van der Waals surface area contributed by atoms with Gasteiger partial charge in [0.15, 0.2) is 5.78 Å². The van der Waals surface area contributed by atoms with Gasteiger partial charge in [0, 0.05) is 25.2 Å². The maximum atomic E-state index is 11.8. The average molecular weight is 255 g/mol. The second kappa shape index (κ2) is 6.69. The Hall–Kier alpha value is -2.16. The van der Waals surface area contributed by atoms with Crippen LogP contribution in [-0.4, -0.2) is 17.4 Å². The van der Waals surface area contributed by atoms with Gasteiger partial charge in [0.05, 0.1) is 12.2 Å². The Bertz CT molecular complexity index is 537. The quantitative estimate of drug-likeness (QED) is 0.743. The summed E-state index contributed by atoms with van der Waals surface area (Å²) in [6, 6.07) is 11.3. The van der Waals surface area contributed by atoms with Crippen molar-refractivity contribution in [3.63, 3.8) is 0 Å². The fourth-order valence-electron chi connectivity index (χ4n) is 1.84. The molecule has 0 fully saturated rings. The Balaban J connectivity index is 1.98. The van der Waals surface area contributed by atoms with E-state index in [-0.39, 0.29) is 5.78 Å². The predicted molar refractivity (Wildman–Crippen MR) is 74.5 cm³/mol. The number of hydrogen-bond donors (Lipinski definition) is 0. The highest BCUT2D eigenvalue weighted by molar-refractivity contribution is 5.98. The second-order valence-electron chi connectivity index (χ2n) is 4.23. The van der Waals surface area contributed by atoms with Crippen LogP contribution in [0.2, 0.25) is 0 Å². The summed E-state index contributed by atoms with van der Waals surface area (Å²) in [5, 5.41) is 0. The van der Waals surface area contributed by atoms with Crippen LogP contribution in [0.3, 0.4) is 0 Å². The number of aromatic nitrogens is 1. The van der Waals surface area contributed by atoms with Gasteiger partial charge in [0.25, 0.3) is 0 Å². The van der Waals surface area contributed by atoms with Gasteiger partial charge < -0.3 is 4.74 Å². The third-order valence-corrected chi connectivity index (χ3v) is 2.88. The number of ether oxygens (including phenoxy) is 1. The molecule has 0 spiro atoms. The number of benzene rings is 1. The number of para-hydroxylation sites is 1. The first-order valence-corrected chi connectivity index (χ1v) is 6.45. The van der Waals surface area contributed by atoms with Crippen molar-refractivity contribution in [1.82, 2.24) is 4.98 Å². The molecule has 0 amide bonds. The van der Waals surface area contributed by atoms with E-state index in [1.54, 1.807) is 6.20 Å². The number of pyridine rings is 1. The van der Waals surface area contributed by atoms with Crippen molar-refractivity contribution in [3.05, 3.63) is 59.9 Å². The molecule has 0 N–H and O–H groups in total. The van der Waals surface area contributed by atoms with Gasteiger partial charge in [0.2, 0.25) is 0 Å². The molecule has 1 heterocycles. The van der Waals surface area contributed by atoms with Gasteiger partial charge >= 0.3 is 0 Å². The molecular weight excluding hydrogens is 238 g/mol. The Kier molecular flexibility index (Phi) is 4.67.